The van der Waals surface area contributed by atoms with Gasteiger partial charge in [-0.25, -0.2) is 4.98 Å². The molecule has 1 unspecified atom stereocenters. The molecule has 0 radical (unpaired) electrons. The van der Waals surface area contributed by atoms with Crippen LogP contribution in [0.15, 0.2) is 12.1 Å². The number of rotatable bonds is 3. The monoisotopic (exact) mass is 290 g/mol. The van der Waals surface area contributed by atoms with E-state index in [0.29, 0.717) is 10.3 Å². The molecular weight excluding hydrogens is 275 g/mol. The molecule has 1 aromatic rings. The molecular formula is C12H16Cl2N2S. The summed E-state index contributed by atoms with van der Waals surface area (Å²) in [5, 5.41) is 1.74. The molecule has 2 nitrogen and oxygen atoms in total. The number of pyridine rings is 1. The SMILES string of the molecule is CCC1CN(Cc2ccc(Cl)nc2Cl)CCS1. The van der Waals surface area contributed by atoms with Crippen LogP contribution in [0.1, 0.15) is 18.9 Å². The maximum absolute atomic E-state index is 6.09. The first kappa shape index (κ1) is 13.5. The smallest absolute Gasteiger partial charge is 0.135 e. The van der Waals surface area contributed by atoms with Crippen LogP contribution >= 0.6 is 35.0 Å². The fraction of sp³-hybridized carbons (Fsp3) is 0.583. The van der Waals surface area contributed by atoms with Gasteiger partial charge in [0.05, 0.1) is 0 Å². The van der Waals surface area contributed by atoms with Gasteiger partial charge in [-0.3, -0.25) is 4.90 Å². The summed E-state index contributed by atoms with van der Waals surface area (Å²) in [5.41, 5.74) is 1.07. The lowest BCUT2D eigenvalue weighted by Gasteiger charge is -2.31. The highest BCUT2D eigenvalue weighted by atomic mass is 35.5. The van der Waals surface area contributed by atoms with Crippen LogP contribution in [0.3, 0.4) is 0 Å². The fourth-order valence-corrected chi connectivity index (χ4v) is 3.62. The second-order valence-corrected chi connectivity index (χ2v) is 6.37. The zero-order valence-corrected chi connectivity index (χ0v) is 12.2. The van der Waals surface area contributed by atoms with Gasteiger partial charge in [0.2, 0.25) is 0 Å². The van der Waals surface area contributed by atoms with Crippen LogP contribution in [0.5, 0.6) is 0 Å². The van der Waals surface area contributed by atoms with Gasteiger partial charge in [0, 0.05) is 36.2 Å². The third-order valence-corrected chi connectivity index (χ3v) is 4.87. The number of hydrogen-bond acceptors (Lipinski definition) is 3. The maximum Gasteiger partial charge on any atom is 0.135 e. The fourth-order valence-electron chi connectivity index (χ4n) is 1.97. The molecule has 17 heavy (non-hydrogen) atoms. The number of halogens is 2. The minimum atomic E-state index is 0.458. The summed E-state index contributed by atoms with van der Waals surface area (Å²) in [5.74, 6) is 1.21. The summed E-state index contributed by atoms with van der Waals surface area (Å²) in [6.45, 7) is 5.39. The third kappa shape index (κ3) is 3.75. The molecule has 0 aromatic carbocycles. The lowest BCUT2D eigenvalue weighted by atomic mass is 10.2. The molecule has 2 rings (SSSR count). The van der Waals surface area contributed by atoms with Gasteiger partial charge < -0.3 is 0 Å². The Bertz CT molecular complexity index is 387. The highest BCUT2D eigenvalue weighted by Crippen LogP contribution is 2.24. The number of nitrogens with zero attached hydrogens (tertiary/aromatic N) is 2. The van der Waals surface area contributed by atoms with E-state index in [1.54, 1.807) is 6.07 Å². The third-order valence-electron chi connectivity index (χ3n) is 2.96. The molecule has 1 fully saturated rings. The van der Waals surface area contributed by atoms with Gasteiger partial charge in [0.15, 0.2) is 0 Å². The van der Waals surface area contributed by atoms with Crippen molar-refractivity contribution in [1.29, 1.82) is 0 Å². The molecule has 0 amide bonds. The molecule has 0 bridgehead atoms. The summed E-state index contributed by atoms with van der Waals surface area (Å²) in [7, 11) is 0. The van der Waals surface area contributed by atoms with Crippen molar-refractivity contribution in [2.75, 3.05) is 18.8 Å². The predicted molar refractivity (Wildman–Crippen MR) is 76.1 cm³/mol. The van der Waals surface area contributed by atoms with Crippen molar-refractivity contribution in [2.45, 2.75) is 25.1 Å². The standard InChI is InChI=1S/C12H16Cl2N2S/c1-2-10-8-16(5-6-17-10)7-9-3-4-11(13)15-12(9)14/h3-4,10H,2,5-8H2,1H3. The first-order valence-corrected chi connectivity index (χ1v) is 7.64. The Kier molecular flexibility index (Phi) is 4.97. The van der Waals surface area contributed by atoms with Crippen molar-refractivity contribution in [3.05, 3.63) is 28.0 Å². The number of thioether (sulfide) groups is 1. The Labute approximate surface area is 117 Å². The minimum absolute atomic E-state index is 0.458. The average molecular weight is 291 g/mol. The zero-order valence-electron chi connectivity index (χ0n) is 9.83. The van der Waals surface area contributed by atoms with Gasteiger partial charge in [-0.15, -0.1) is 0 Å². The second kappa shape index (κ2) is 6.28. The van der Waals surface area contributed by atoms with Crippen molar-refractivity contribution in [2.24, 2.45) is 0 Å². The molecule has 5 heteroatoms. The molecule has 2 heterocycles. The van der Waals surface area contributed by atoms with Crippen LogP contribution in [0.2, 0.25) is 10.3 Å². The van der Waals surface area contributed by atoms with Gasteiger partial charge >= 0.3 is 0 Å². The van der Waals surface area contributed by atoms with E-state index in [4.69, 9.17) is 23.2 Å². The van der Waals surface area contributed by atoms with Crippen molar-refractivity contribution < 1.29 is 0 Å². The van der Waals surface area contributed by atoms with E-state index in [1.807, 2.05) is 6.07 Å². The van der Waals surface area contributed by atoms with Crippen LogP contribution in [-0.2, 0) is 6.54 Å². The summed E-state index contributed by atoms with van der Waals surface area (Å²) in [4.78, 5) is 6.52. The van der Waals surface area contributed by atoms with Crippen LogP contribution in [0.25, 0.3) is 0 Å². The molecule has 0 N–H and O–H groups in total. The van der Waals surface area contributed by atoms with Crippen LogP contribution in [0, 0.1) is 0 Å². The summed E-state index contributed by atoms with van der Waals surface area (Å²) in [6.07, 6.45) is 1.23. The Balaban J connectivity index is 2.00. The molecule has 1 aliphatic heterocycles. The van der Waals surface area contributed by atoms with E-state index >= 15 is 0 Å². The topological polar surface area (TPSA) is 16.1 Å². The van der Waals surface area contributed by atoms with E-state index in [1.165, 1.54) is 12.2 Å². The van der Waals surface area contributed by atoms with E-state index in [0.717, 1.165) is 30.4 Å². The molecule has 94 valence electrons. The Hall–Kier alpha value is 0.0400. The van der Waals surface area contributed by atoms with E-state index < -0.39 is 0 Å². The highest BCUT2D eigenvalue weighted by Gasteiger charge is 2.19. The summed E-state index contributed by atoms with van der Waals surface area (Å²) >= 11 is 14.0. The van der Waals surface area contributed by atoms with Crippen molar-refractivity contribution >= 4 is 35.0 Å². The van der Waals surface area contributed by atoms with Crippen molar-refractivity contribution in [3.63, 3.8) is 0 Å². The van der Waals surface area contributed by atoms with Crippen molar-refractivity contribution in [1.82, 2.24) is 9.88 Å². The predicted octanol–water partition coefficient (Wildman–Crippen LogP) is 3.72. The Morgan fingerprint density at radius 1 is 1.47 bits per heavy atom. The van der Waals surface area contributed by atoms with E-state index in [2.05, 4.69) is 28.6 Å². The minimum Gasteiger partial charge on any atom is -0.297 e. The van der Waals surface area contributed by atoms with Crippen molar-refractivity contribution in [3.8, 4) is 0 Å². The second-order valence-electron chi connectivity index (χ2n) is 4.22. The van der Waals surface area contributed by atoms with Gasteiger partial charge in [-0.2, -0.15) is 11.8 Å². The molecule has 1 aromatic heterocycles. The Morgan fingerprint density at radius 3 is 3.00 bits per heavy atom. The average Bonchev–Trinajstić information content (AvgIpc) is 2.33. The highest BCUT2D eigenvalue weighted by molar-refractivity contribution is 8.00. The summed E-state index contributed by atoms with van der Waals surface area (Å²) in [6, 6.07) is 3.78. The quantitative estimate of drug-likeness (QED) is 0.790. The largest absolute Gasteiger partial charge is 0.297 e. The van der Waals surface area contributed by atoms with Gasteiger partial charge in [0.1, 0.15) is 10.3 Å². The molecule has 1 atom stereocenters. The normalized spacial score (nSPS) is 21.7. The molecule has 0 spiro atoms. The van der Waals surface area contributed by atoms with Gasteiger partial charge in [-0.05, 0) is 12.5 Å². The molecule has 1 aliphatic rings. The first-order chi connectivity index (χ1) is 8.19. The number of aromatic nitrogens is 1. The van der Waals surface area contributed by atoms with E-state index in [9.17, 15) is 0 Å². The van der Waals surface area contributed by atoms with Crippen LogP contribution < -0.4 is 0 Å². The number of hydrogen-bond donors (Lipinski definition) is 0. The first-order valence-electron chi connectivity index (χ1n) is 5.84. The maximum atomic E-state index is 6.09. The molecule has 1 saturated heterocycles. The lowest BCUT2D eigenvalue weighted by Crippen LogP contribution is -2.37. The van der Waals surface area contributed by atoms with Gasteiger partial charge in [-0.1, -0.05) is 36.2 Å². The van der Waals surface area contributed by atoms with Crippen LogP contribution in [-0.4, -0.2) is 34.0 Å². The lowest BCUT2D eigenvalue weighted by molar-refractivity contribution is 0.273. The zero-order chi connectivity index (χ0) is 12.3. The van der Waals surface area contributed by atoms with Crippen LogP contribution in [0.4, 0.5) is 0 Å². The molecule has 0 saturated carbocycles. The molecule has 0 aliphatic carbocycles. The van der Waals surface area contributed by atoms with E-state index in [-0.39, 0.29) is 0 Å². The Morgan fingerprint density at radius 2 is 2.29 bits per heavy atom. The van der Waals surface area contributed by atoms with Gasteiger partial charge in [0.25, 0.3) is 0 Å². The summed E-state index contributed by atoms with van der Waals surface area (Å²) < 4.78 is 0.